The number of carbonyl (C=O) groups is 2. The maximum absolute atomic E-state index is 15.6. The fourth-order valence-electron chi connectivity index (χ4n) is 10.7. The van der Waals surface area contributed by atoms with Crippen LogP contribution in [0.15, 0.2) is 68.2 Å². The largest absolute Gasteiger partial charge is 0.460 e. The van der Waals surface area contributed by atoms with Crippen LogP contribution in [0, 0.1) is 5.82 Å². The lowest BCUT2D eigenvalue weighted by molar-refractivity contribution is -0.127. The summed E-state index contributed by atoms with van der Waals surface area (Å²) in [5.41, 5.74) is 0.0973. The molecule has 0 unspecified atom stereocenters. The number of rotatable bonds is 14. The van der Waals surface area contributed by atoms with Gasteiger partial charge in [-0.2, -0.15) is 35.1 Å². The molecule has 440 valence electrons. The molecule has 0 radical (unpaired) electrons. The van der Waals surface area contributed by atoms with Gasteiger partial charge in [-0.3, -0.25) is 24.7 Å². The number of aromatic nitrogens is 10. The van der Waals surface area contributed by atoms with Gasteiger partial charge < -0.3 is 48.2 Å². The maximum atomic E-state index is 15.6. The summed E-state index contributed by atoms with van der Waals surface area (Å²) < 4.78 is 60.6. The zero-order valence-corrected chi connectivity index (χ0v) is 48.8. The fraction of sp³-hybridized carbons (Fsp3) is 0.382. The lowest BCUT2D eigenvalue weighted by Crippen LogP contribution is -2.48. The zero-order chi connectivity index (χ0) is 59.0. The number of aromatic amines is 2. The molecule has 6 aromatic heterocycles. The second kappa shape index (κ2) is 24.6. The van der Waals surface area contributed by atoms with E-state index in [2.05, 4.69) is 63.3 Å². The molecule has 3 atom stereocenters. The van der Waals surface area contributed by atoms with Crippen LogP contribution in [0.5, 0.6) is 35.3 Å². The molecule has 0 spiro atoms. The molecule has 0 saturated carbocycles. The third kappa shape index (κ3) is 12.1. The predicted octanol–water partition coefficient (Wildman–Crippen LogP) is 8.33. The molecule has 8 aromatic rings. The number of likely N-dealkylation sites (tertiary alicyclic amines) is 2. The molecule has 0 bridgehead atoms. The zero-order valence-electron chi connectivity index (χ0n) is 45.8. The Balaban J connectivity index is 0.000000175. The number of hydrogen-bond acceptors (Lipinski definition) is 19. The summed E-state index contributed by atoms with van der Waals surface area (Å²) in [7, 11) is 5.52. The van der Waals surface area contributed by atoms with Gasteiger partial charge in [0.2, 0.25) is 23.6 Å². The van der Waals surface area contributed by atoms with Crippen LogP contribution in [0.2, 0.25) is 20.2 Å². The van der Waals surface area contributed by atoms with E-state index in [-0.39, 0.29) is 98.2 Å². The van der Waals surface area contributed by atoms with E-state index in [1.807, 2.05) is 23.9 Å². The minimum atomic E-state index is -1.56. The number of piperazine rings is 2. The van der Waals surface area contributed by atoms with E-state index in [4.69, 9.17) is 80.1 Å². The van der Waals surface area contributed by atoms with Crippen LogP contribution < -0.4 is 28.7 Å². The molecule has 84 heavy (non-hydrogen) atoms. The Labute approximate surface area is 499 Å². The summed E-state index contributed by atoms with van der Waals surface area (Å²) in [4.78, 5) is 63.5. The number of H-pyrrole nitrogens is 2. The minimum absolute atomic E-state index is 0.0209. The van der Waals surface area contributed by atoms with E-state index in [0.29, 0.717) is 128 Å². The number of benzene rings is 2. The number of amides is 2. The number of nitrogens with one attached hydrogen (secondary N) is 2. The van der Waals surface area contributed by atoms with Crippen LogP contribution >= 0.6 is 46.4 Å². The second-order valence-corrected chi connectivity index (χ2v) is 22.2. The van der Waals surface area contributed by atoms with E-state index in [1.165, 1.54) is 30.6 Å². The van der Waals surface area contributed by atoms with Crippen molar-refractivity contribution in [3.05, 3.63) is 94.2 Å². The molecule has 0 aliphatic carbocycles. The Morgan fingerprint density at radius 1 is 0.714 bits per heavy atom. The van der Waals surface area contributed by atoms with Crippen LogP contribution in [0.25, 0.3) is 43.6 Å². The van der Waals surface area contributed by atoms with Gasteiger partial charge in [-0.15, -0.1) is 0 Å². The molecule has 2 aromatic carbocycles. The number of pyridine rings is 2. The van der Waals surface area contributed by atoms with Gasteiger partial charge in [0.15, 0.2) is 17.2 Å². The van der Waals surface area contributed by atoms with Crippen molar-refractivity contribution in [2.24, 2.45) is 0 Å². The number of hydrogen-bond donors (Lipinski definition) is 2. The highest BCUT2D eigenvalue weighted by molar-refractivity contribution is 6.44. The van der Waals surface area contributed by atoms with Crippen molar-refractivity contribution in [2.75, 3.05) is 116 Å². The third-order valence-corrected chi connectivity index (χ3v) is 16.3. The van der Waals surface area contributed by atoms with E-state index in [0.717, 1.165) is 6.54 Å². The first-order chi connectivity index (χ1) is 40.5. The fourth-order valence-corrected chi connectivity index (χ4v) is 11.5. The minimum Gasteiger partial charge on any atom is -0.460 e. The van der Waals surface area contributed by atoms with E-state index >= 15 is 4.39 Å². The number of piperidine rings is 1. The monoisotopic (exact) mass is 1230 g/mol. The number of nitrogens with zero attached hydrogens (tertiary/aromatic N) is 14. The molecular formula is C55H56Cl4F2N16O7. The smallest absolute Gasteiger partial charge is 0.319 e. The van der Waals surface area contributed by atoms with Crippen molar-refractivity contribution in [3.8, 4) is 35.3 Å². The van der Waals surface area contributed by atoms with Gasteiger partial charge >= 0.3 is 12.0 Å². The summed E-state index contributed by atoms with van der Waals surface area (Å²) in [6, 6.07) is 6.38. The Kier molecular flexibility index (Phi) is 17.1. The maximum Gasteiger partial charge on any atom is 0.319 e. The Hall–Kier alpha value is -7.52. The van der Waals surface area contributed by atoms with Crippen LogP contribution in [0.4, 0.5) is 20.4 Å². The summed E-state index contributed by atoms with van der Waals surface area (Å²) in [5.74, 6) is 0.520. The Morgan fingerprint density at radius 2 is 1.30 bits per heavy atom. The molecule has 4 aliphatic heterocycles. The standard InChI is InChI=1S/C28H29ClF2N8O3.C27H27Cl3N8O4/c1-3-21(40)38-9-11-39(12-10-38)25-17-5-7-32-26(42-24-18-14-33-36-20(18)13-19(30)22(24)29)23(17)34-27(35-25)41-16-28(31)6-4-8-37(2)15-28;1-4-21(39)37-5-7-38(8-6-37)25-14-9-20(29)32-26(42-24-15-11-31-35-17(15)10-16(28)22(24)30)23(14)33-27(34-25)41-19-13-36(2)12-18(19)40-3/h3,5,7,13-14H,1,4,6,8-12,15-16H2,2H3,(H,33,36);4,9-11,18-19H,1,5-8,12-13H2,2-3H3,(H,31,35)/t28-;18-,19-/m01/s1. The van der Waals surface area contributed by atoms with Crippen molar-refractivity contribution in [1.29, 1.82) is 0 Å². The van der Waals surface area contributed by atoms with Crippen molar-refractivity contribution in [3.63, 3.8) is 0 Å². The number of likely N-dealkylation sites (N-methyl/N-ethyl adjacent to an activating group) is 1. The molecule has 10 heterocycles. The molecule has 4 saturated heterocycles. The first-order valence-electron chi connectivity index (χ1n) is 26.7. The summed E-state index contributed by atoms with van der Waals surface area (Å²) in [5, 5.41) is 16.2. The van der Waals surface area contributed by atoms with Crippen LogP contribution in [-0.2, 0) is 14.3 Å². The van der Waals surface area contributed by atoms with Gasteiger partial charge in [-0.25, -0.2) is 13.8 Å². The highest BCUT2D eigenvalue weighted by atomic mass is 35.5. The average Bonchev–Trinajstić information content (AvgIpc) is 3.86. The lowest BCUT2D eigenvalue weighted by atomic mass is 9.96. The predicted molar refractivity (Wildman–Crippen MR) is 314 cm³/mol. The molecule has 29 heteroatoms. The van der Waals surface area contributed by atoms with Crippen molar-refractivity contribution in [1.82, 2.24) is 69.9 Å². The van der Waals surface area contributed by atoms with Gasteiger partial charge in [-0.1, -0.05) is 59.6 Å². The molecule has 4 aliphatic rings. The average molecular weight is 1230 g/mol. The number of methoxy groups -OCH3 is 1. The molecule has 23 nitrogen and oxygen atoms in total. The summed E-state index contributed by atoms with van der Waals surface area (Å²) in [6.07, 6.45) is 7.81. The number of alkyl halides is 1. The molecule has 2 N–H and O–H groups in total. The van der Waals surface area contributed by atoms with Crippen molar-refractivity contribution in [2.45, 2.75) is 30.7 Å². The molecule has 4 fully saturated rings. The Bertz CT molecular complexity index is 3830. The molecular weight excluding hydrogens is 1180 g/mol. The second-order valence-electron chi connectivity index (χ2n) is 20.7. The number of ether oxygens (including phenoxy) is 5. The first-order valence-corrected chi connectivity index (χ1v) is 28.2. The molecule has 12 rings (SSSR count). The van der Waals surface area contributed by atoms with Crippen LogP contribution in [0.1, 0.15) is 12.8 Å². The highest BCUT2D eigenvalue weighted by Crippen LogP contribution is 2.44. The Morgan fingerprint density at radius 3 is 1.94 bits per heavy atom. The number of anilines is 2. The third-order valence-electron chi connectivity index (χ3n) is 15.0. The lowest BCUT2D eigenvalue weighted by Gasteiger charge is -2.36. The van der Waals surface area contributed by atoms with E-state index in [1.54, 1.807) is 41.3 Å². The number of fused-ring (bicyclic) bond motifs is 4. The van der Waals surface area contributed by atoms with Gasteiger partial charge in [0.05, 0.1) is 50.0 Å². The van der Waals surface area contributed by atoms with E-state index in [9.17, 15) is 14.0 Å². The van der Waals surface area contributed by atoms with Gasteiger partial charge in [0.25, 0.3) is 0 Å². The number of carbonyl (C=O) groups excluding carboxylic acids is 2. The van der Waals surface area contributed by atoms with Crippen molar-refractivity contribution < 1.29 is 42.1 Å². The first kappa shape index (κ1) is 58.3. The molecule has 2 amide bonds. The summed E-state index contributed by atoms with van der Waals surface area (Å²) >= 11 is 25.8. The van der Waals surface area contributed by atoms with Crippen molar-refractivity contribution >= 4 is 113 Å². The van der Waals surface area contributed by atoms with E-state index < -0.39 is 11.5 Å². The van der Waals surface area contributed by atoms with Crippen LogP contribution in [-0.4, -0.2) is 206 Å². The number of halogens is 6. The topological polar surface area (TPSA) is 234 Å². The normalized spacial score (nSPS) is 19.7. The SMILES string of the molecule is C=CC(=O)N1CCN(c2nc(OC[C@]3(F)CCCN(C)C3)nc3c(Oc4c(Cl)c(F)cc5[nH]ncc45)nccc23)CC1.C=CC(=O)N1CCN(c2nc(O[C@@H]3CN(C)C[C@H]3OC)nc3c(Oc4c(Cl)c(Cl)cc5[nH]ncc45)nc(Cl)cc23)CC1. The van der Waals surface area contributed by atoms with Gasteiger partial charge in [-0.05, 0) is 63.8 Å². The van der Waals surface area contributed by atoms with Crippen LogP contribution in [0.3, 0.4) is 0 Å². The summed E-state index contributed by atoms with van der Waals surface area (Å²) in [6.45, 7) is 13.2. The van der Waals surface area contributed by atoms with Gasteiger partial charge in [0, 0.05) is 91.4 Å². The highest BCUT2D eigenvalue weighted by Gasteiger charge is 2.37. The van der Waals surface area contributed by atoms with Gasteiger partial charge in [0.1, 0.15) is 62.5 Å². The quantitative estimate of drug-likeness (QED) is 0.0769.